The Kier molecular flexibility index (Phi) is 6.00. The average molecular weight is 592 g/mol. The van der Waals surface area contributed by atoms with Crippen molar-refractivity contribution >= 4 is 53.1 Å². The highest BCUT2D eigenvalue weighted by atomic mass is 32.1. The first kappa shape index (κ1) is 25.8. The lowest BCUT2D eigenvalue weighted by Gasteiger charge is -2.13. The zero-order valence-electron chi connectivity index (χ0n) is 24.2. The van der Waals surface area contributed by atoms with Crippen LogP contribution in [0.2, 0.25) is 0 Å². The van der Waals surface area contributed by atoms with Gasteiger partial charge >= 0.3 is 0 Å². The maximum Gasteiger partial charge on any atom is 0.164 e. The second-order valence-corrected chi connectivity index (χ2v) is 12.3. The highest BCUT2D eigenvalue weighted by Gasteiger charge is 2.18. The van der Waals surface area contributed by atoms with Crippen molar-refractivity contribution in [2.24, 2.45) is 0 Å². The van der Waals surface area contributed by atoms with Crippen LogP contribution < -0.4 is 0 Å². The van der Waals surface area contributed by atoms with Crippen LogP contribution in [-0.4, -0.2) is 15.0 Å². The van der Waals surface area contributed by atoms with Gasteiger partial charge in [-0.05, 0) is 63.0 Å². The normalized spacial score (nSPS) is 11.6. The molecule has 0 unspecified atom stereocenters. The van der Waals surface area contributed by atoms with Crippen molar-refractivity contribution < 1.29 is 0 Å². The van der Waals surface area contributed by atoms with Crippen molar-refractivity contribution in [3.63, 3.8) is 0 Å². The van der Waals surface area contributed by atoms with Crippen molar-refractivity contribution in [3.05, 3.63) is 152 Å². The van der Waals surface area contributed by atoms with E-state index in [0.717, 1.165) is 38.6 Å². The summed E-state index contributed by atoms with van der Waals surface area (Å²) in [5, 5.41) is 7.11. The SMILES string of the molecule is c1ccc(-c2nc(-c3cc(-c4ccc5ccccc5c4)cc4ccccc34)nc(-c3cccc4sc5ccccc5c34)n2)cc1. The van der Waals surface area contributed by atoms with Crippen molar-refractivity contribution in [1.29, 1.82) is 0 Å². The van der Waals surface area contributed by atoms with E-state index in [0.29, 0.717) is 17.5 Å². The first-order valence-corrected chi connectivity index (χ1v) is 15.8. The summed E-state index contributed by atoms with van der Waals surface area (Å²) in [5.74, 6) is 2.00. The van der Waals surface area contributed by atoms with Crippen LogP contribution in [0.1, 0.15) is 0 Å². The topological polar surface area (TPSA) is 38.7 Å². The van der Waals surface area contributed by atoms with Crippen LogP contribution in [0.15, 0.2) is 152 Å². The van der Waals surface area contributed by atoms with Crippen molar-refractivity contribution in [3.8, 4) is 45.3 Å². The van der Waals surface area contributed by atoms with Gasteiger partial charge in [0.25, 0.3) is 0 Å². The zero-order valence-corrected chi connectivity index (χ0v) is 25.0. The molecular formula is C41H25N3S. The monoisotopic (exact) mass is 591 g/mol. The molecule has 2 aromatic heterocycles. The molecule has 0 fully saturated rings. The Labute approximate surface area is 264 Å². The molecule has 0 aliphatic rings. The molecule has 3 nitrogen and oxygen atoms in total. The smallest absolute Gasteiger partial charge is 0.164 e. The molecule has 0 N–H and O–H groups in total. The molecule has 2 heterocycles. The zero-order chi connectivity index (χ0) is 29.7. The molecule has 210 valence electrons. The molecule has 7 aromatic carbocycles. The number of thiophene rings is 1. The predicted octanol–water partition coefficient (Wildman–Crippen LogP) is 11.2. The molecule has 0 atom stereocenters. The minimum absolute atomic E-state index is 0.660. The number of aromatic nitrogens is 3. The maximum atomic E-state index is 5.25. The van der Waals surface area contributed by atoms with E-state index in [2.05, 4.69) is 133 Å². The summed E-state index contributed by atoms with van der Waals surface area (Å²) >= 11 is 1.80. The van der Waals surface area contributed by atoms with Gasteiger partial charge in [-0.1, -0.05) is 121 Å². The Morgan fingerprint density at radius 2 is 1.00 bits per heavy atom. The van der Waals surface area contributed by atoms with Crippen molar-refractivity contribution in [2.45, 2.75) is 0 Å². The number of benzene rings is 7. The van der Waals surface area contributed by atoms with Gasteiger partial charge in [-0.25, -0.2) is 15.0 Å². The van der Waals surface area contributed by atoms with E-state index < -0.39 is 0 Å². The molecule has 0 radical (unpaired) electrons. The van der Waals surface area contributed by atoms with Gasteiger partial charge in [-0.2, -0.15) is 0 Å². The third kappa shape index (κ3) is 4.46. The van der Waals surface area contributed by atoms with Crippen molar-refractivity contribution in [1.82, 2.24) is 15.0 Å². The fraction of sp³-hybridized carbons (Fsp3) is 0. The summed E-state index contributed by atoms with van der Waals surface area (Å²) in [6.45, 7) is 0. The van der Waals surface area contributed by atoms with Crippen LogP contribution in [0, 0.1) is 0 Å². The molecule has 9 aromatic rings. The van der Waals surface area contributed by atoms with E-state index in [1.807, 2.05) is 18.2 Å². The summed E-state index contributed by atoms with van der Waals surface area (Å²) in [4.78, 5) is 15.5. The summed E-state index contributed by atoms with van der Waals surface area (Å²) in [6, 6.07) is 53.4. The first-order valence-electron chi connectivity index (χ1n) is 15.0. The Morgan fingerprint density at radius 1 is 0.356 bits per heavy atom. The third-order valence-electron chi connectivity index (χ3n) is 8.50. The van der Waals surface area contributed by atoms with Gasteiger partial charge in [0.1, 0.15) is 0 Å². The molecule has 9 rings (SSSR count). The number of nitrogens with zero attached hydrogens (tertiary/aromatic N) is 3. The first-order chi connectivity index (χ1) is 22.3. The highest BCUT2D eigenvalue weighted by molar-refractivity contribution is 7.25. The molecule has 0 aliphatic heterocycles. The minimum atomic E-state index is 0.660. The Hall–Kier alpha value is -5.71. The molecule has 0 saturated carbocycles. The molecule has 45 heavy (non-hydrogen) atoms. The fourth-order valence-corrected chi connectivity index (χ4v) is 7.46. The molecular weight excluding hydrogens is 567 g/mol. The van der Waals surface area contributed by atoms with Crippen LogP contribution in [0.4, 0.5) is 0 Å². The Morgan fingerprint density at radius 3 is 1.87 bits per heavy atom. The lowest BCUT2D eigenvalue weighted by Crippen LogP contribution is -2.01. The molecule has 4 heteroatoms. The number of hydrogen-bond donors (Lipinski definition) is 0. The van der Waals surface area contributed by atoms with Gasteiger partial charge in [-0.15, -0.1) is 11.3 Å². The van der Waals surface area contributed by atoms with Crippen LogP contribution in [0.5, 0.6) is 0 Å². The largest absolute Gasteiger partial charge is 0.208 e. The lowest BCUT2D eigenvalue weighted by molar-refractivity contribution is 1.08. The predicted molar refractivity (Wildman–Crippen MR) is 189 cm³/mol. The summed E-state index contributed by atoms with van der Waals surface area (Å²) in [5.41, 5.74) is 5.25. The quantitative estimate of drug-likeness (QED) is 0.204. The molecule has 0 bridgehead atoms. The standard InChI is InChI=1S/C41H25N3S/c1-2-12-27(13-3-1)39-42-40(34-18-10-20-37-38(34)33-17-8-9-19-36(33)45-37)44-41(43-39)35-25-31(24-30-15-6-7-16-32(30)35)29-22-21-26-11-4-5-14-28(26)23-29/h1-25H. The van der Waals surface area contributed by atoms with E-state index in [4.69, 9.17) is 15.0 Å². The second-order valence-electron chi connectivity index (χ2n) is 11.3. The van der Waals surface area contributed by atoms with E-state index >= 15 is 0 Å². The van der Waals surface area contributed by atoms with Crippen molar-refractivity contribution in [2.75, 3.05) is 0 Å². The minimum Gasteiger partial charge on any atom is -0.208 e. The van der Waals surface area contributed by atoms with Crippen LogP contribution in [-0.2, 0) is 0 Å². The average Bonchev–Trinajstić information content (AvgIpc) is 3.50. The molecule has 0 spiro atoms. The van der Waals surface area contributed by atoms with Gasteiger partial charge in [0, 0.05) is 36.9 Å². The van der Waals surface area contributed by atoms with E-state index in [1.54, 1.807) is 11.3 Å². The van der Waals surface area contributed by atoms with Crippen LogP contribution in [0.3, 0.4) is 0 Å². The molecule has 0 amide bonds. The lowest BCUT2D eigenvalue weighted by atomic mass is 9.95. The number of fused-ring (bicyclic) bond motifs is 5. The maximum absolute atomic E-state index is 5.25. The third-order valence-corrected chi connectivity index (χ3v) is 9.63. The molecule has 0 saturated heterocycles. The summed E-state index contributed by atoms with van der Waals surface area (Å²) in [6.07, 6.45) is 0. The van der Waals surface area contributed by atoms with Gasteiger partial charge in [0.2, 0.25) is 0 Å². The second kappa shape index (κ2) is 10.5. The Bertz CT molecular complexity index is 2550. The van der Waals surface area contributed by atoms with E-state index in [1.165, 1.54) is 30.9 Å². The Balaban J connectivity index is 1.32. The molecule has 0 aliphatic carbocycles. The van der Waals surface area contributed by atoms with Gasteiger partial charge in [0.15, 0.2) is 17.5 Å². The highest BCUT2D eigenvalue weighted by Crippen LogP contribution is 2.40. The summed E-state index contributed by atoms with van der Waals surface area (Å²) < 4.78 is 2.48. The van der Waals surface area contributed by atoms with Gasteiger partial charge in [-0.3, -0.25) is 0 Å². The van der Waals surface area contributed by atoms with Gasteiger partial charge < -0.3 is 0 Å². The van der Waals surface area contributed by atoms with Crippen LogP contribution in [0.25, 0.3) is 87.0 Å². The summed E-state index contributed by atoms with van der Waals surface area (Å²) in [7, 11) is 0. The van der Waals surface area contributed by atoms with Gasteiger partial charge in [0.05, 0.1) is 0 Å². The number of rotatable bonds is 4. The van der Waals surface area contributed by atoms with Crippen LogP contribution >= 0.6 is 11.3 Å². The number of hydrogen-bond acceptors (Lipinski definition) is 4. The van der Waals surface area contributed by atoms with E-state index in [-0.39, 0.29) is 0 Å². The van der Waals surface area contributed by atoms with E-state index in [9.17, 15) is 0 Å². The fourth-order valence-electron chi connectivity index (χ4n) is 6.33.